The number of anilines is 1. The zero-order chi connectivity index (χ0) is 20.5. The van der Waals surface area contributed by atoms with Crippen molar-refractivity contribution in [3.8, 4) is 11.4 Å². The Morgan fingerprint density at radius 2 is 1.97 bits per heavy atom. The van der Waals surface area contributed by atoms with Crippen molar-refractivity contribution < 1.29 is 9.18 Å². The number of amides is 1. The first-order valence-corrected chi connectivity index (χ1v) is 10.5. The number of nitrogens with one attached hydrogen (secondary N) is 1. The average Bonchev–Trinajstić information content (AvgIpc) is 3.27. The minimum absolute atomic E-state index is 0.143. The van der Waals surface area contributed by atoms with Gasteiger partial charge in [-0.15, -0.1) is 10.2 Å². The largest absolute Gasteiger partial charge is 0.310 e. The fraction of sp³-hybridized carbons (Fsp3) is 0.400. The Kier molecular flexibility index (Phi) is 5.40. The van der Waals surface area contributed by atoms with E-state index in [0.29, 0.717) is 22.4 Å². The maximum absolute atomic E-state index is 14.3. The standard InChI is InChI=1S/C20H23FN6OS/c1-12(2)27-17(10-11-22-27)23-19(28)13(3)29-20-25-24-18(26(20)14-8-9-14)15-6-4-5-7-16(15)21/h4-7,10-14H,8-9H2,1-3H3,(H,23,28). The van der Waals surface area contributed by atoms with E-state index in [0.717, 1.165) is 12.8 Å². The fourth-order valence-corrected chi connectivity index (χ4v) is 4.03. The Morgan fingerprint density at radius 3 is 2.66 bits per heavy atom. The molecule has 3 aromatic rings. The number of thioether (sulfide) groups is 1. The molecule has 1 aliphatic rings. The molecule has 2 heterocycles. The van der Waals surface area contributed by atoms with Crippen LogP contribution < -0.4 is 5.32 Å². The monoisotopic (exact) mass is 414 g/mol. The molecule has 0 aliphatic heterocycles. The molecule has 4 rings (SSSR count). The predicted molar refractivity (Wildman–Crippen MR) is 110 cm³/mol. The van der Waals surface area contributed by atoms with Crippen LogP contribution in [0.15, 0.2) is 41.7 Å². The van der Waals surface area contributed by atoms with Crippen LogP contribution in [-0.4, -0.2) is 35.7 Å². The van der Waals surface area contributed by atoms with Crippen LogP contribution in [0, 0.1) is 5.82 Å². The SMILES string of the molecule is CC(Sc1nnc(-c2ccccc2F)n1C1CC1)C(=O)Nc1ccnn1C(C)C. The summed E-state index contributed by atoms with van der Waals surface area (Å²) in [6, 6.07) is 8.73. The van der Waals surface area contributed by atoms with Crippen LogP contribution >= 0.6 is 11.8 Å². The number of aromatic nitrogens is 5. The highest BCUT2D eigenvalue weighted by Gasteiger charge is 2.32. The summed E-state index contributed by atoms with van der Waals surface area (Å²) in [5.74, 6) is 0.702. The van der Waals surface area contributed by atoms with E-state index < -0.39 is 5.25 Å². The predicted octanol–water partition coefficient (Wildman–Crippen LogP) is 4.32. The van der Waals surface area contributed by atoms with Crippen molar-refractivity contribution in [2.45, 2.75) is 56.1 Å². The summed E-state index contributed by atoms with van der Waals surface area (Å²) in [5, 5.41) is 15.9. The maximum atomic E-state index is 14.3. The van der Waals surface area contributed by atoms with E-state index >= 15 is 0 Å². The quantitative estimate of drug-likeness (QED) is 0.583. The molecule has 1 aromatic carbocycles. The lowest BCUT2D eigenvalue weighted by atomic mass is 10.2. The number of halogens is 1. The van der Waals surface area contributed by atoms with Crippen molar-refractivity contribution >= 4 is 23.5 Å². The Hall–Kier alpha value is -2.68. The van der Waals surface area contributed by atoms with Gasteiger partial charge in [0.15, 0.2) is 11.0 Å². The summed E-state index contributed by atoms with van der Waals surface area (Å²) < 4.78 is 18.0. The van der Waals surface area contributed by atoms with Gasteiger partial charge in [-0.1, -0.05) is 23.9 Å². The summed E-state index contributed by atoms with van der Waals surface area (Å²) in [7, 11) is 0. The molecular formula is C20H23FN6OS. The average molecular weight is 415 g/mol. The van der Waals surface area contributed by atoms with E-state index in [-0.39, 0.29) is 23.8 Å². The van der Waals surface area contributed by atoms with Crippen LogP contribution in [0.3, 0.4) is 0 Å². The number of benzene rings is 1. The molecular weight excluding hydrogens is 391 g/mol. The molecule has 1 amide bonds. The normalized spacial score (nSPS) is 14.9. The molecule has 0 saturated heterocycles. The molecule has 1 saturated carbocycles. The van der Waals surface area contributed by atoms with Crippen molar-refractivity contribution in [1.82, 2.24) is 24.5 Å². The van der Waals surface area contributed by atoms with Crippen LogP contribution in [0.2, 0.25) is 0 Å². The van der Waals surface area contributed by atoms with Gasteiger partial charge in [0.25, 0.3) is 0 Å². The van der Waals surface area contributed by atoms with Gasteiger partial charge in [-0.25, -0.2) is 9.07 Å². The second kappa shape index (κ2) is 7.98. The minimum atomic E-state index is -0.402. The van der Waals surface area contributed by atoms with Crippen LogP contribution in [0.25, 0.3) is 11.4 Å². The lowest BCUT2D eigenvalue weighted by molar-refractivity contribution is -0.115. The van der Waals surface area contributed by atoms with E-state index in [1.54, 1.807) is 35.1 Å². The van der Waals surface area contributed by atoms with Gasteiger partial charge in [0.2, 0.25) is 5.91 Å². The van der Waals surface area contributed by atoms with Gasteiger partial charge >= 0.3 is 0 Å². The lowest BCUT2D eigenvalue weighted by Gasteiger charge is -2.15. The fourth-order valence-electron chi connectivity index (χ4n) is 3.11. The summed E-state index contributed by atoms with van der Waals surface area (Å²) in [4.78, 5) is 12.7. The second-order valence-corrected chi connectivity index (χ2v) is 8.70. The van der Waals surface area contributed by atoms with Gasteiger partial charge in [0.1, 0.15) is 11.6 Å². The van der Waals surface area contributed by atoms with Crippen LogP contribution in [-0.2, 0) is 4.79 Å². The molecule has 29 heavy (non-hydrogen) atoms. The van der Waals surface area contributed by atoms with Gasteiger partial charge in [0.05, 0.1) is 17.0 Å². The topological polar surface area (TPSA) is 77.6 Å². The van der Waals surface area contributed by atoms with E-state index in [9.17, 15) is 9.18 Å². The van der Waals surface area contributed by atoms with Gasteiger partial charge in [0, 0.05) is 18.2 Å². The Morgan fingerprint density at radius 1 is 1.21 bits per heavy atom. The molecule has 1 atom stereocenters. The number of hydrogen-bond donors (Lipinski definition) is 1. The molecule has 2 aromatic heterocycles. The number of nitrogens with zero attached hydrogens (tertiary/aromatic N) is 5. The van der Waals surface area contributed by atoms with Gasteiger partial charge in [-0.2, -0.15) is 5.10 Å². The minimum Gasteiger partial charge on any atom is -0.310 e. The number of carbonyl (C=O) groups is 1. The van der Waals surface area contributed by atoms with Crippen LogP contribution in [0.5, 0.6) is 0 Å². The highest BCUT2D eigenvalue weighted by Crippen LogP contribution is 2.42. The third kappa shape index (κ3) is 4.05. The molecule has 0 spiro atoms. The van der Waals surface area contributed by atoms with Crippen molar-refractivity contribution in [3.63, 3.8) is 0 Å². The smallest absolute Gasteiger partial charge is 0.238 e. The molecule has 1 fully saturated rings. The van der Waals surface area contributed by atoms with Crippen molar-refractivity contribution in [3.05, 3.63) is 42.3 Å². The van der Waals surface area contributed by atoms with Crippen molar-refractivity contribution in [1.29, 1.82) is 0 Å². The van der Waals surface area contributed by atoms with Gasteiger partial charge in [-0.05, 0) is 45.7 Å². The number of rotatable bonds is 7. The zero-order valence-corrected chi connectivity index (χ0v) is 17.4. The highest BCUT2D eigenvalue weighted by molar-refractivity contribution is 8.00. The van der Waals surface area contributed by atoms with Crippen LogP contribution in [0.4, 0.5) is 10.2 Å². The highest BCUT2D eigenvalue weighted by atomic mass is 32.2. The maximum Gasteiger partial charge on any atom is 0.238 e. The Bertz CT molecular complexity index is 1030. The summed E-state index contributed by atoms with van der Waals surface area (Å²) >= 11 is 1.33. The summed E-state index contributed by atoms with van der Waals surface area (Å²) in [6.07, 6.45) is 3.67. The van der Waals surface area contributed by atoms with E-state index in [4.69, 9.17) is 0 Å². The lowest BCUT2D eigenvalue weighted by Crippen LogP contribution is -2.25. The first-order chi connectivity index (χ1) is 14.0. The van der Waals surface area contributed by atoms with E-state index in [1.807, 2.05) is 25.3 Å². The molecule has 0 radical (unpaired) electrons. The third-order valence-corrected chi connectivity index (χ3v) is 5.81. The molecule has 1 aliphatic carbocycles. The number of carbonyl (C=O) groups excluding carboxylic acids is 1. The van der Waals surface area contributed by atoms with Gasteiger partial charge in [-0.3, -0.25) is 9.36 Å². The first-order valence-electron chi connectivity index (χ1n) is 9.66. The van der Waals surface area contributed by atoms with Crippen molar-refractivity contribution in [2.24, 2.45) is 0 Å². The van der Waals surface area contributed by atoms with Crippen molar-refractivity contribution in [2.75, 3.05) is 5.32 Å². The summed E-state index contributed by atoms with van der Waals surface area (Å²) in [5.41, 5.74) is 0.427. The van der Waals surface area contributed by atoms with E-state index in [2.05, 4.69) is 20.6 Å². The van der Waals surface area contributed by atoms with E-state index in [1.165, 1.54) is 17.8 Å². The zero-order valence-electron chi connectivity index (χ0n) is 16.5. The Balaban J connectivity index is 1.54. The number of hydrogen-bond acceptors (Lipinski definition) is 5. The van der Waals surface area contributed by atoms with Crippen LogP contribution in [0.1, 0.15) is 45.7 Å². The Labute approximate surface area is 172 Å². The second-order valence-electron chi connectivity index (χ2n) is 7.39. The molecule has 7 nitrogen and oxygen atoms in total. The molecule has 9 heteroatoms. The first kappa shape index (κ1) is 19.6. The molecule has 1 N–H and O–H groups in total. The van der Waals surface area contributed by atoms with Gasteiger partial charge < -0.3 is 5.32 Å². The third-order valence-electron chi connectivity index (χ3n) is 4.75. The molecule has 0 bridgehead atoms. The molecule has 152 valence electrons. The molecule has 1 unspecified atom stereocenters. The summed E-state index contributed by atoms with van der Waals surface area (Å²) in [6.45, 7) is 5.83.